The number of nitrogens with zero attached hydrogens (tertiary/aromatic N) is 3. The van der Waals surface area contributed by atoms with Crippen molar-refractivity contribution in [1.29, 1.82) is 5.26 Å². The van der Waals surface area contributed by atoms with Crippen LogP contribution in [0.1, 0.15) is 29.8 Å². The van der Waals surface area contributed by atoms with E-state index in [1.54, 1.807) is 4.68 Å². The second-order valence-electron chi connectivity index (χ2n) is 4.47. The van der Waals surface area contributed by atoms with E-state index in [0.29, 0.717) is 10.6 Å². The predicted octanol–water partition coefficient (Wildman–Crippen LogP) is 3.43. The molecule has 1 N–H and O–H groups in total. The molecule has 2 aromatic rings. The van der Waals surface area contributed by atoms with Gasteiger partial charge in [-0.05, 0) is 31.5 Å². The molecule has 0 bridgehead atoms. The van der Waals surface area contributed by atoms with E-state index in [-0.39, 0.29) is 6.04 Å². The minimum absolute atomic E-state index is 0.0422. The average molecular weight is 275 g/mol. The van der Waals surface area contributed by atoms with E-state index >= 15 is 0 Å². The highest BCUT2D eigenvalue weighted by Crippen LogP contribution is 2.24. The zero-order valence-corrected chi connectivity index (χ0v) is 11.9. The van der Waals surface area contributed by atoms with Crippen LogP contribution in [0.5, 0.6) is 0 Å². The fourth-order valence-corrected chi connectivity index (χ4v) is 2.22. The van der Waals surface area contributed by atoms with Gasteiger partial charge in [0.25, 0.3) is 0 Å². The Balaban J connectivity index is 2.29. The Labute approximate surface area is 117 Å². The van der Waals surface area contributed by atoms with Gasteiger partial charge in [-0.25, -0.2) is 0 Å². The maximum atomic E-state index is 9.18. The minimum Gasteiger partial charge on any atom is -0.363 e. The van der Waals surface area contributed by atoms with Crippen molar-refractivity contribution in [1.82, 2.24) is 9.78 Å². The molecule has 0 aliphatic rings. The predicted molar refractivity (Wildman–Crippen MR) is 76.1 cm³/mol. The van der Waals surface area contributed by atoms with E-state index in [0.717, 1.165) is 17.1 Å². The topological polar surface area (TPSA) is 53.6 Å². The summed E-state index contributed by atoms with van der Waals surface area (Å²) in [5.74, 6) is 0.729. The van der Waals surface area contributed by atoms with Crippen LogP contribution >= 0.6 is 11.6 Å². The third kappa shape index (κ3) is 2.72. The summed E-state index contributed by atoms with van der Waals surface area (Å²) in [6, 6.07) is 9.89. The lowest BCUT2D eigenvalue weighted by molar-refractivity contribution is 0.742. The Kier molecular flexibility index (Phi) is 3.77. The lowest BCUT2D eigenvalue weighted by atomic mass is 10.1. The van der Waals surface area contributed by atoms with Crippen molar-refractivity contribution in [3.05, 3.63) is 46.1 Å². The quantitative estimate of drug-likeness (QED) is 0.933. The highest BCUT2D eigenvalue weighted by molar-refractivity contribution is 6.30. The Hall–Kier alpha value is -1.99. The molecule has 1 unspecified atom stereocenters. The summed E-state index contributed by atoms with van der Waals surface area (Å²) >= 11 is 5.99. The van der Waals surface area contributed by atoms with Crippen LogP contribution in [0.15, 0.2) is 24.3 Å². The standard InChI is InChI=1S/C14H15ClN4/c1-9(11-5-4-6-12(15)7-11)17-14-13(8-16)10(2)18-19(14)3/h4-7,9,17H,1-3H3. The van der Waals surface area contributed by atoms with Crippen LogP contribution in [-0.2, 0) is 7.05 Å². The van der Waals surface area contributed by atoms with Crippen molar-refractivity contribution in [3.63, 3.8) is 0 Å². The molecule has 1 aromatic heterocycles. The van der Waals surface area contributed by atoms with Gasteiger partial charge in [0.1, 0.15) is 17.5 Å². The molecule has 4 nitrogen and oxygen atoms in total. The first-order chi connectivity index (χ1) is 9.02. The first kappa shape index (κ1) is 13.4. The fraction of sp³-hybridized carbons (Fsp3) is 0.286. The van der Waals surface area contributed by atoms with Crippen LogP contribution in [0.3, 0.4) is 0 Å². The molecule has 0 saturated carbocycles. The molecule has 98 valence electrons. The summed E-state index contributed by atoms with van der Waals surface area (Å²) in [5.41, 5.74) is 2.37. The molecular weight excluding hydrogens is 260 g/mol. The Morgan fingerprint density at radius 2 is 2.21 bits per heavy atom. The molecule has 1 aromatic carbocycles. The maximum Gasteiger partial charge on any atom is 0.142 e. The molecule has 19 heavy (non-hydrogen) atoms. The summed E-state index contributed by atoms with van der Waals surface area (Å²) in [7, 11) is 1.82. The molecular formula is C14H15ClN4. The molecule has 0 aliphatic carbocycles. The highest BCUT2D eigenvalue weighted by atomic mass is 35.5. The summed E-state index contributed by atoms with van der Waals surface area (Å²) in [6.45, 7) is 3.85. The number of halogens is 1. The van der Waals surface area contributed by atoms with Crippen molar-refractivity contribution in [3.8, 4) is 6.07 Å². The molecule has 1 heterocycles. The molecule has 2 rings (SSSR count). The zero-order chi connectivity index (χ0) is 14.0. The summed E-state index contributed by atoms with van der Waals surface area (Å²) in [4.78, 5) is 0. The third-order valence-corrected chi connectivity index (χ3v) is 3.27. The molecule has 0 amide bonds. The SMILES string of the molecule is Cc1nn(C)c(NC(C)c2cccc(Cl)c2)c1C#N. The van der Waals surface area contributed by atoms with Gasteiger partial charge in [0.2, 0.25) is 0 Å². The lowest BCUT2D eigenvalue weighted by Gasteiger charge is -2.16. The minimum atomic E-state index is 0.0422. The van der Waals surface area contributed by atoms with Crippen LogP contribution in [-0.4, -0.2) is 9.78 Å². The fourth-order valence-electron chi connectivity index (χ4n) is 2.02. The van der Waals surface area contributed by atoms with Gasteiger partial charge in [-0.15, -0.1) is 0 Å². The Morgan fingerprint density at radius 1 is 1.47 bits per heavy atom. The third-order valence-electron chi connectivity index (χ3n) is 3.04. The van der Waals surface area contributed by atoms with Gasteiger partial charge in [0, 0.05) is 12.1 Å². The number of benzene rings is 1. The number of aryl methyl sites for hydroxylation is 2. The van der Waals surface area contributed by atoms with Crippen LogP contribution in [0.25, 0.3) is 0 Å². The average Bonchev–Trinajstić information content (AvgIpc) is 2.63. The maximum absolute atomic E-state index is 9.18. The molecule has 0 fully saturated rings. The van der Waals surface area contributed by atoms with E-state index in [2.05, 4.69) is 16.5 Å². The number of nitrogens with one attached hydrogen (secondary N) is 1. The normalized spacial score (nSPS) is 11.9. The number of rotatable bonds is 3. The van der Waals surface area contributed by atoms with Crippen molar-refractivity contribution < 1.29 is 0 Å². The van der Waals surface area contributed by atoms with Crippen molar-refractivity contribution in [2.75, 3.05) is 5.32 Å². The number of hydrogen-bond donors (Lipinski definition) is 1. The van der Waals surface area contributed by atoms with Gasteiger partial charge in [0.15, 0.2) is 0 Å². The van der Waals surface area contributed by atoms with E-state index < -0.39 is 0 Å². The van der Waals surface area contributed by atoms with Crippen molar-refractivity contribution in [2.45, 2.75) is 19.9 Å². The number of aromatic nitrogens is 2. The van der Waals surface area contributed by atoms with Gasteiger partial charge < -0.3 is 5.32 Å². The molecule has 0 aliphatic heterocycles. The molecule has 1 atom stereocenters. The van der Waals surface area contributed by atoms with Crippen LogP contribution < -0.4 is 5.32 Å². The van der Waals surface area contributed by atoms with Crippen LogP contribution in [0.2, 0.25) is 5.02 Å². The van der Waals surface area contributed by atoms with Gasteiger partial charge in [-0.3, -0.25) is 4.68 Å². The largest absolute Gasteiger partial charge is 0.363 e. The Morgan fingerprint density at radius 3 is 2.84 bits per heavy atom. The van der Waals surface area contributed by atoms with Gasteiger partial charge in [0.05, 0.1) is 11.7 Å². The van der Waals surface area contributed by atoms with Gasteiger partial charge in [-0.1, -0.05) is 23.7 Å². The smallest absolute Gasteiger partial charge is 0.142 e. The zero-order valence-electron chi connectivity index (χ0n) is 11.1. The highest BCUT2D eigenvalue weighted by Gasteiger charge is 2.15. The first-order valence-corrected chi connectivity index (χ1v) is 6.36. The monoisotopic (exact) mass is 274 g/mol. The first-order valence-electron chi connectivity index (χ1n) is 5.98. The second kappa shape index (κ2) is 5.33. The van der Waals surface area contributed by atoms with E-state index in [1.165, 1.54) is 0 Å². The van der Waals surface area contributed by atoms with Crippen LogP contribution in [0, 0.1) is 18.3 Å². The summed E-state index contributed by atoms with van der Waals surface area (Å²) in [6.07, 6.45) is 0. The summed E-state index contributed by atoms with van der Waals surface area (Å²) in [5, 5.41) is 17.4. The lowest BCUT2D eigenvalue weighted by Crippen LogP contribution is -2.11. The van der Waals surface area contributed by atoms with Crippen molar-refractivity contribution >= 4 is 17.4 Å². The molecule has 5 heteroatoms. The molecule has 0 radical (unpaired) electrons. The number of nitriles is 1. The van der Waals surface area contributed by atoms with Gasteiger partial charge >= 0.3 is 0 Å². The second-order valence-corrected chi connectivity index (χ2v) is 4.90. The van der Waals surface area contributed by atoms with E-state index in [4.69, 9.17) is 11.6 Å². The van der Waals surface area contributed by atoms with E-state index in [9.17, 15) is 5.26 Å². The molecule has 0 spiro atoms. The van der Waals surface area contributed by atoms with Crippen molar-refractivity contribution in [2.24, 2.45) is 7.05 Å². The molecule has 0 saturated heterocycles. The number of hydrogen-bond acceptors (Lipinski definition) is 3. The Bertz CT molecular complexity index is 639. The van der Waals surface area contributed by atoms with Gasteiger partial charge in [-0.2, -0.15) is 10.4 Å². The summed E-state index contributed by atoms with van der Waals surface area (Å²) < 4.78 is 1.69. The van der Waals surface area contributed by atoms with E-state index in [1.807, 2.05) is 45.2 Å². The van der Waals surface area contributed by atoms with Crippen LogP contribution in [0.4, 0.5) is 5.82 Å². The number of anilines is 1.